The molecule has 2 fully saturated rings. The Hall–Kier alpha value is -1.85. The van der Waals surface area contributed by atoms with Gasteiger partial charge in [-0.05, 0) is 38.5 Å². The van der Waals surface area contributed by atoms with E-state index in [4.69, 9.17) is 4.52 Å². The van der Waals surface area contributed by atoms with Crippen LogP contribution in [0.2, 0.25) is 0 Å². The zero-order valence-electron chi connectivity index (χ0n) is 12.5. The first-order valence-electron chi connectivity index (χ1n) is 7.55. The molecule has 114 valence electrons. The maximum absolute atomic E-state index is 12.6. The van der Waals surface area contributed by atoms with Crippen molar-refractivity contribution in [2.45, 2.75) is 39.5 Å². The number of aromatic nitrogens is 1. The molecule has 1 saturated carbocycles. The average molecular weight is 291 g/mol. The van der Waals surface area contributed by atoms with Gasteiger partial charge in [-0.3, -0.25) is 9.59 Å². The van der Waals surface area contributed by atoms with Crippen LogP contribution in [0.15, 0.2) is 10.6 Å². The van der Waals surface area contributed by atoms with Crippen LogP contribution in [-0.4, -0.2) is 35.0 Å². The van der Waals surface area contributed by atoms with Gasteiger partial charge in [0.2, 0.25) is 11.8 Å². The SMILES string of the molecule is Cc1cc(NC(=O)C2(C(=O)N3CCC(C)CC3)CC2)no1. The summed E-state index contributed by atoms with van der Waals surface area (Å²) < 4.78 is 4.93. The number of carbonyl (C=O) groups excluding carboxylic acids is 2. The van der Waals surface area contributed by atoms with Crippen molar-refractivity contribution in [1.29, 1.82) is 0 Å². The van der Waals surface area contributed by atoms with Crippen LogP contribution in [0.3, 0.4) is 0 Å². The third-order valence-corrected chi connectivity index (χ3v) is 4.53. The Morgan fingerprint density at radius 2 is 2.05 bits per heavy atom. The van der Waals surface area contributed by atoms with Crippen LogP contribution in [0, 0.1) is 18.3 Å². The minimum Gasteiger partial charge on any atom is -0.360 e. The zero-order valence-corrected chi connectivity index (χ0v) is 12.5. The fourth-order valence-corrected chi connectivity index (χ4v) is 2.84. The van der Waals surface area contributed by atoms with Crippen molar-refractivity contribution in [2.24, 2.45) is 11.3 Å². The summed E-state index contributed by atoms with van der Waals surface area (Å²) >= 11 is 0. The van der Waals surface area contributed by atoms with Gasteiger partial charge in [-0.15, -0.1) is 0 Å². The average Bonchev–Trinajstić information content (AvgIpc) is 3.18. The highest BCUT2D eigenvalue weighted by atomic mass is 16.5. The first-order valence-corrected chi connectivity index (χ1v) is 7.55. The Morgan fingerprint density at radius 3 is 2.57 bits per heavy atom. The summed E-state index contributed by atoms with van der Waals surface area (Å²) in [6.45, 7) is 5.49. The summed E-state index contributed by atoms with van der Waals surface area (Å²) in [7, 11) is 0. The van der Waals surface area contributed by atoms with Gasteiger partial charge in [0.25, 0.3) is 0 Å². The number of aryl methyl sites for hydroxylation is 1. The smallest absolute Gasteiger partial charge is 0.241 e. The maximum Gasteiger partial charge on any atom is 0.241 e. The highest BCUT2D eigenvalue weighted by molar-refractivity contribution is 6.12. The fourth-order valence-electron chi connectivity index (χ4n) is 2.84. The highest BCUT2D eigenvalue weighted by Gasteiger charge is 2.58. The Labute approximate surface area is 123 Å². The summed E-state index contributed by atoms with van der Waals surface area (Å²) in [5.41, 5.74) is -0.868. The largest absolute Gasteiger partial charge is 0.360 e. The van der Waals surface area contributed by atoms with E-state index in [1.54, 1.807) is 13.0 Å². The lowest BCUT2D eigenvalue weighted by molar-refractivity contribution is -0.143. The molecular formula is C15H21N3O3. The van der Waals surface area contributed by atoms with Crippen LogP contribution in [0.5, 0.6) is 0 Å². The van der Waals surface area contributed by atoms with Gasteiger partial charge in [0.1, 0.15) is 11.2 Å². The lowest BCUT2D eigenvalue weighted by atomic mass is 9.96. The maximum atomic E-state index is 12.6. The predicted octanol–water partition coefficient (Wildman–Crippen LogP) is 1.96. The summed E-state index contributed by atoms with van der Waals surface area (Å²) in [6.07, 6.45) is 3.29. The van der Waals surface area contributed by atoms with Gasteiger partial charge in [0, 0.05) is 19.2 Å². The molecule has 2 aliphatic rings. The Kier molecular flexibility index (Phi) is 3.47. The summed E-state index contributed by atoms with van der Waals surface area (Å²) in [5, 5.41) is 6.45. The Balaban J connectivity index is 1.66. The molecule has 2 heterocycles. The molecule has 0 radical (unpaired) electrons. The second-order valence-corrected chi connectivity index (χ2v) is 6.33. The number of piperidine rings is 1. The predicted molar refractivity (Wildman–Crippen MR) is 76.5 cm³/mol. The van der Waals surface area contributed by atoms with E-state index in [1.807, 2.05) is 4.90 Å². The molecule has 0 bridgehead atoms. The van der Waals surface area contributed by atoms with Gasteiger partial charge in [-0.1, -0.05) is 12.1 Å². The van der Waals surface area contributed by atoms with Crippen molar-refractivity contribution >= 4 is 17.6 Å². The highest BCUT2D eigenvalue weighted by Crippen LogP contribution is 2.48. The molecule has 0 unspecified atom stereocenters. The molecule has 6 nitrogen and oxygen atoms in total. The van der Waals surface area contributed by atoms with Crippen LogP contribution in [-0.2, 0) is 9.59 Å². The molecule has 6 heteroatoms. The second-order valence-electron chi connectivity index (χ2n) is 6.33. The first-order chi connectivity index (χ1) is 10.0. The van der Waals surface area contributed by atoms with Crippen molar-refractivity contribution in [3.63, 3.8) is 0 Å². The van der Waals surface area contributed by atoms with E-state index < -0.39 is 5.41 Å². The number of hydrogen-bond acceptors (Lipinski definition) is 4. The van der Waals surface area contributed by atoms with Crippen LogP contribution in [0.1, 0.15) is 38.4 Å². The number of likely N-dealkylation sites (tertiary alicyclic amines) is 1. The monoisotopic (exact) mass is 291 g/mol. The quantitative estimate of drug-likeness (QED) is 0.864. The topological polar surface area (TPSA) is 75.4 Å². The molecule has 1 aromatic rings. The van der Waals surface area contributed by atoms with Gasteiger partial charge in [-0.2, -0.15) is 0 Å². The third-order valence-electron chi connectivity index (χ3n) is 4.53. The molecule has 1 aromatic heterocycles. The number of carbonyl (C=O) groups is 2. The van der Waals surface area contributed by atoms with Gasteiger partial charge in [0.15, 0.2) is 5.82 Å². The minimum absolute atomic E-state index is 0.0212. The number of anilines is 1. The number of nitrogens with zero attached hydrogens (tertiary/aromatic N) is 2. The number of rotatable bonds is 3. The second kappa shape index (κ2) is 5.16. The molecule has 0 spiro atoms. The summed E-state index contributed by atoms with van der Waals surface area (Å²) in [4.78, 5) is 26.9. The van der Waals surface area contributed by atoms with Crippen molar-refractivity contribution in [1.82, 2.24) is 10.1 Å². The van der Waals surface area contributed by atoms with E-state index in [0.29, 0.717) is 30.3 Å². The van der Waals surface area contributed by atoms with Gasteiger partial charge >= 0.3 is 0 Å². The van der Waals surface area contributed by atoms with Crippen molar-refractivity contribution in [3.8, 4) is 0 Å². The number of nitrogens with one attached hydrogen (secondary N) is 1. The molecule has 1 aliphatic heterocycles. The van der Waals surface area contributed by atoms with E-state index in [1.165, 1.54) is 0 Å². The van der Waals surface area contributed by atoms with Gasteiger partial charge in [0.05, 0.1) is 0 Å². The van der Waals surface area contributed by atoms with E-state index in [-0.39, 0.29) is 11.8 Å². The van der Waals surface area contributed by atoms with Crippen LogP contribution < -0.4 is 5.32 Å². The first kappa shape index (κ1) is 14.1. The molecular weight excluding hydrogens is 270 g/mol. The lowest BCUT2D eigenvalue weighted by Crippen LogP contribution is -2.46. The third kappa shape index (κ3) is 2.66. The van der Waals surface area contributed by atoms with Crippen molar-refractivity contribution in [2.75, 3.05) is 18.4 Å². The van der Waals surface area contributed by atoms with Gasteiger partial charge < -0.3 is 14.7 Å². The Morgan fingerprint density at radius 1 is 1.38 bits per heavy atom. The summed E-state index contributed by atoms with van der Waals surface area (Å²) in [6, 6.07) is 1.65. The van der Waals surface area contributed by atoms with Crippen molar-refractivity contribution in [3.05, 3.63) is 11.8 Å². The normalized spacial score (nSPS) is 21.1. The molecule has 2 amide bonds. The molecule has 21 heavy (non-hydrogen) atoms. The fraction of sp³-hybridized carbons (Fsp3) is 0.667. The molecule has 1 aliphatic carbocycles. The summed E-state index contributed by atoms with van der Waals surface area (Å²) in [5.74, 6) is 1.40. The molecule has 0 aromatic carbocycles. The minimum atomic E-state index is -0.868. The van der Waals surface area contributed by atoms with E-state index in [9.17, 15) is 9.59 Å². The van der Waals surface area contributed by atoms with E-state index >= 15 is 0 Å². The lowest BCUT2D eigenvalue weighted by Gasteiger charge is -2.32. The van der Waals surface area contributed by atoms with Crippen LogP contribution in [0.4, 0.5) is 5.82 Å². The molecule has 1 saturated heterocycles. The standard InChI is InChI=1S/C15H21N3O3/c1-10-3-7-18(8-4-10)14(20)15(5-6-15)13(19)16-12-9-11(2)21-17-12/h9-10H,3-8H2,1-2H3,(H,16,17,19). The molecule has 0 atom stereocenters. The van der Waals surface area contributed by atoms with Crippen LogP contribution >= 0.6 is 0 Å². The number of hydrogen-bond donors (Lipinski definition) is 1. The molecule has 3 rings (SSSR count). The van der Waals surface area contributed by atoms with Gasteiger partial charge in [-0.25, -0.2) is 0 Å². The van der Waals surface area contributed by atoms with E-state index in [0.717, 1.165) is 25.9 Å². The van der Waals surface area contributed by atoms with Crippen molar-refractivity contribution < 1.29 is 14.1 Å². The number of amides is 2. The van der Waals surface area contributed by atoms with Crippen LogP contribution in [0.25, 0.3) is 0 Å². The van der Waals surface area contributed by atoms with E-state index in [2.05, 4.69) is 17.4 Å². The molecule has 1 N–H and O–H groups in total. The zero-order chi connectivity index (χ0) is 15.0. The Bertz CT molecular complexity index is 554.